The molecule has 1 unspecified atom stereocenters. The molecule has 0 saturated carbocycles. The topological polar surface area (TPSA) is 9.23 Å². The Morgan fingerprint density at radius 3 is 2.19 bits per heavy atom. The summed E-state index contributed by atoms with van der Waals surface area (Å²) in [6, 6.07) is 0. The number of hydrogen-bond acceptors (Lipinski definition) is 1. The molecule has 21 heavy (non-hydrogen) atoms. The number of hydrogen-bond donors (Lipinski definition) is 0. The van der Waals surface area contributed by atoms with Gasteiger partial charge in [-0.3, -0.25) is 0 Å². The van der Waals surface area contributed by atoms with Gasteiger partial charge in [0, 0.05) is 6.42 Å². The lowest BCUT2D eigenvalue weighted by atomic mass is 9.80. The smallest absolute Gasteiger partial charge is 0.258 e. The van der Waals surface area contributed by atoms with Crippen molar-refractivity contribution in [2.45, 2.75) is 90.3 Å². The lowest BCUT2D eigenvalue weighted by Crippen LogP contribution is -2.48. The first-order valence-electron chi connectivity index (χ1n) is 8.98. The molecule has 2 rings (SSSR count). The van der Waals surface area contributed by atoms with Crippen molar-refractivity contribution >= 4 is 8.32 Å². The minimum absolute atomic E-state index is 0.665. The normalized spacial score (nSPS) is 23.2. The summed E-state index contributed by atoms with van der Waals surface area (Å²) >= 11 is 0. The van der Waals surface area contributed by atoms with Gasteiger partial charge in [0.1, 0.15) is 0 Å². The highest BCUT2D eigenvalue weighted by molar-refractivity contribution is 6.77. The third-order valence-electron chi connectivity index (χ3n) is 5.70. The monoisotopic (exact) mass is 306 g/mol. The van der Waals surface area contributed by atoms with Crippen molar-refractivity contribution in [3.63, 3.8) is 0 Å². The summed E-state index contributed by atoms with van der Waals surface area (Å²) in [7, 11) is -1.78. The molecule has 0 saturated heterocycles. The fourth-order valence-corrected chi connectivity index (χ4v) is 10.1. The van der Waals surface area contributed by atoms with E-state index in [2.05, 4.69) is 53.7 Å². The Morgan fingerprint density at radius 2 is 1.62 bits per heavy atom. The van der Waals surface area contributed by atoms with Crippen LogP contribution in [-0.2, 0) is 4.43 Å². The maximum atomic E-state index is 7.00. The van der Waals surface area contributed by atoms with E-state index in [0.29, 0.717) is 16.6 Å². The van der Waals surface area contributed by atoms with Crippen molar-refractivity contribution in [1.29, 1.82) is 0 Å². The van der Waals surface area contributed by atoms with E-state index in [-0.39, 0.29) is 0 Å². The zero-order chi connectivity index (χ0) is 15.6. The maximum Gasteiger partial charge on any atom is 0.258 e. The highest BCUT2D eigenvalue weighted by atomic mass is 28.4. The summed E-state index contributed by atoms with van der Waals surface area (Å²) in [5, 5.41) is 0. The Labute approximate surface area is 133 Å². The Bertz CT molecular complexity index is 396. The molecule has 2 aliphatic rings. The third kappa shape index (κ3) is 3.15. The van der Waals surface area contributed by atoms with E-state index in [1.807, 2.05) is 0 Å². The molecule has 0 bridgehead atoms. The van der Waals surface area contributed by atoms with E-state index in [0.717, 1.165) is 12.3 Å². The van der Waals surface area contributed by atoms with Gasteiger partial charge < -0.3 is 4.43 Å². The van der Waals surface area contributed by atoms with Crippen LogP contribution in [0, 0.1) is 5.92 Å². The van der Waals surface area contributed by atoms with Crippen molar-refractivity contribution in [3.8, 4) is 0 Å². The van der Waals surface area contributed by atoms with Gasteiger partial charge in [-0.1, -0.05) is 53.7 Å². The zero-order valence-corrected chi connectivity index (χ0v) is 15.9. The fourth-order valence-electron chi connectivity index (χ4n) is 4.75. The number of allylic oxidation sites excluding steroid dienone is 4. The van der Waals surface area contributed by atoms with Crippen LogP contribution < -0.4 is 0 Å². The predicted octanol–water partition coefficient (Wildman–Crippen LogP) is 6.58. The second-order valence-corrected chi connectivity index (χ2v) is 13.2. The van der Waals surface area contributed by atoms with Crippen molar-refractivity contribution in [2.24, 2.45) is 5.92 Å². The van der Waals surface area contributed by atoms with E-state index in [4.69, 9.17) is 4.43 Å². The second kappa shape index (κ2) is 6.72. The van der Waals surface area contributed by atoms with E-state index in [1.165, 1.54) is 31.4 Å². The average Bonchev–Trinajstić information content (AvgIpc) is 2.43. The lowest BCUT2D eigenvalue weighted by Gasteiger charge is -2.44. The molecule has 0 aromatic heterocycles. The van der Waals surface area contributed by atoms with E-state index >= 15 is 0 Å². The van der Waals surface area contributed by atoms with E-state index in [9.17, 15) is 0 Å². The minimum Gasteiger partial charge on any atom is -0.545 e. The molecule has 2 aliphatic carbocycles. The number of fused-ring (bicyclic) bond motifs is 1. The summed E-state index contributed by atoms with van der Waals surface area (Å²) in [5.74, 6) is 2.14. The molecule has 0 aromatic rings. The van der Waals surface area contributed by atoms with Gasteiger partial charge in [-0.25, -0.2) is 0 Å². The summed E-state index contributed by atoms with van der Waals surface area (Å²) in [4.78, 5) is 0. The molecule has 1 atom stereocenters. The first kappa shape index (κ1) is 16.9. The maximum absolute atomic E-state index is 7.00. The van der Waals surface area contributed by atoms with E-state index < -0.39 is 8.32 Å². The van der Waals surface area contributed by atoms with Crippen LogP contribution in [0.25, 0.3) is 0 Å². The van der Waals surface area contributed by atoms with Gasteiger partial charge in [0.2, 0.25) is 0 Å². The summed E-state index contributed by atoms with van der Waals surface area (Å²) in [6.45, 7) is 14.3. The van der Waals surface area contributed by atoms with Crippen LogP contribution in [0.4, 0.5) is 0 Å². The Kier molecular flexibility index (Phi) is 5.40. The molecule has 0 fully saturated rings. The van der Waals surface area contributed by atoms with Crippen molar-refractivity contribution in [2.75, 3.05) is 0 Å². The van der Waals surface area contributed by atoms with Crippen LogP contribution in [0.1, 0.15) is 73.6 Å². The third-order valence-corrected chi connectivity index (χ3v) is 11.7. The van der Waals surface area contributed by atoms with Gasteiger partial charge in [-0.05, 0) is 53.8 Å². The van der Waals surface area contributed by atoms with Crippen LogP contribution in [0.3, 0.4) is 0 Å². The summed E-state index contributed by atoms with van der Waals surface area (Å²) in [5.41, 5.74) is 3.54. The van der Waals surface area contributed by atoms with Crippen molar-refractivity contribution < 1.29 is 4.43 Å². The minimum atomic E-state index is -1.78. The molecule has 0 spiro atoms. The highest BCUT2D eigenvalue weighted by Gasteiger charge is 2.47. The molecule has 0 heterocycles. The summed E-state index contributed by atoms with van der Waals surface area (Å²) in [6.07, 6.45) is 11.2. The Hall–Kier alpha value is -0.503. The largest absolute Gasteiger partial charge is 0.545 e. The van der Waals surface area contributed by atoms with Gasteiger partial charge in [0.05, 0.1) is 5.76 Å². The second-order valence-electron chi connectivity index (χ2n) is 7.87. The van der Waals surface area contributed by atoms with Crippen molar-refractivity contribution in [3.05, 3.63) is 23.5 Å². The van der Waals surface area contributed by atoms with Crippen LogP contribution in [-0.4, -0.2) is 8.32 Å². The molecule has 0 radical (unpaired) electrons. The van der Waals surface area contributed by atoms with Gasteiger partial charge >= 0.3 is 0 Å². The first-order chi connectivity index (χ1) is 9.89. The van der Waals surface area contributed by atoms with Gasteiger partial charge in [-0.2, -0.15) is 0 Å². The lowest BCUT2D eigenvalue weighted by molar-refractivity contribution is 0.312. The molecular formula is C19H34OSi. The molecule has 0 aromatic carbocycles. The van der Waals surface area contributed by atoms with E-state index in [1.54, 1.807) is 5.57 Å². The standard InChI is InChI=1S/C19H34OSi/c1-14(2)21(15(3)4,16(5)6)20-19-13-9-11-17-10-7-8-12-18(17)19/h8,12,14-17H,7,9-11,13H2,1-6H3. The summed E-state index contributed by atoms with van der Waals surface area (Å²) < 4.78 is 7.00. The van der Waals surface area contributed by atoms with Crippen molar-refractivity contribution in [1.82, 2.24) is 0 Å². The fraction of sp³-hybridized carbons (Fsp3) is 0.789. The number of rotatable bonds is 5. The molecule has 0 aliphatic heterocycles. The zero-order valence-electron chi connectivity index (χ0n) is 14.9. The van der Waals surface area contributed by atoms with Gasteiger partial charge in [0.25, 0.3) is 8.32 Å². The van der Waals surface area contributed by atoms with Gasteiger partial charge in [0.15, 0.2) is 0 Å². The predicted molar refractivity (Wildman–Crippen MR) is 94.9 cm³/mol. The highest BCUT2D eigenvalue weighted by Crippen LogP contribution is 2.46. The Balaban J connectivity index is 2.37. The van der Waals surface area contributed by atoms with Gasteiger partial charge in [-0.15, -0.1) is 0 Å². The molecule has 0 N–H and O–H groups in total. The average molecular weight is 307 g/mol. The first-order valence-corrected chi connectivity index (χ1v) is 11.1. The SMILES string of the molecule is CC(C)[Si](OC1=C2C=CCCC2CCC1)(C(C)C)C(C)C. The molecule has 2 heteroatoms. The molecule has 1 nitrogen and oxygen atoms in total. The van der Waals surface area contributed by atoms with Crippen LogP contribution in [0.5, 0.6) is 0 Å². The Morgan fingerprint density at radius 1 is 1.00 bits per heavy atom. The quantitative estimate of drug-likeness (QED) is 0.521. The van der Waals surface area contributed by atoms with Crippen LogP contribution in [0.2, 0.25) is 16.6 Å². The van der Waals surface area contributed by atoms with Crippen LogP contribution in [0.15, 0.2) is 23.5 Å². The van der Waals surface area contributed by atoms with Crippen LogP contribution >= 0.6 is 0 Å². The molecule has 120 valence electrons. The molecular weight excluding hydrogens is 272 g/mol. The molecule has 0 amide bonds.